The van der Waals surface area contributed by atoms with Crippen molar-refractivity contribution in [3.8, 4) is 12.1 Å². The van der Waals surface area contributed by atoms with Crippen LogP contribution in [0.1, 0.15) is 45.1 Å². The van der Waals surface area contributed by atoms with Crippen LogP contribution in [-0.2, 0) is 42.1 Å². The number of rotatable bonds is 14. The number of esters is 1. The molecule has 1 aliphatic rings. The number of nitrogens with zero attached hydrogens (tertiary/aromatic N) is 5. The summed E-state index contributed by atoms with van der Waals surface area (Å²) < 4.78 is 79.6. The Morgan fingerprint density at radius 3 is 2.44 bits per heavy atom. The second kappa shape index (κ2) is 17.8. The maximum absolute atomic E-state index is 15.8. The number of phosphoric ester groups is 1. The predicted molar refractivity (Wildman–Crippen MR) is 187 cm³/mol. The summed E-state index contributed by atoms with van der Waals surface area (Å²) in [5.41, 5.74) is -2.02. The average molecular weight is 782 g/mol. The lowest BCUT2D eigenvalue weighted by Crippen LogP contribution is -2.47. The van der Waals surface area contributed by atoms with Crippen molar-refractivity contribution in [2.75, 3.05) is 13.2 Å². The van der Waals surface area contributed by atoms with Crippen molar-refractivity contribution >= 4 is 31.6 Å². The molecule has 0 aliphatic carbocycles. The highest BCUT2D eigenvalue weighted by molar-refractivity contribution is 8.00. The van der Waals surface area contributed by atoms with Crippen LogP contribution in [0.3, 0.4) is 0 Å². The number of benzene rings is 3. The molecule has 0 saturated carbocycles. The third-order valence-electron chi connectivity index (χ3n) is 8.10. The molecule has 54 heavy (non-hydrogen) atoms. The van der Waals surface area contributed by atoms with Gasteiger partial charge in [-0.1, -0.05) is 30.4 Å². The predicted octanol–water partition coefficient (Wildman–Crippen LogP) is 5.93. The van der Waals surface area contributed by atoms with Crippen molar-refractivity contribution in [2.24, 2.45) is 0 Å². The highest BCUT2D eigenvalue weighted by Crippen LogP contribution is 2.43. The summed E-state index contributed by atoms with van der Waals surface area (Å²) in [6, 6.07) is 14.4. The van der Waals surface area contributed by atoms with E-state index in [2.05, 4.69) is 14.6 Å². The summed E-state index contributed by atoms with van der Waals surface area (Å²) in [6.45, 7) is 0.852. The minimum atomic E-state index is -4.98. The van der Waals surface area contributed by atoms with Crippen molar-refractivity contribution in [1.82, 2.24) is 14.8 Å². The number of hydrogen-bond donors (Lipinski definition) is 2. The van der Waals surface area contributed by atoms with Gasteiger partial charge in [0.05, 0.1) is 60.4 Å². The number of carbonyl (C=O) groups excluding carboxylic acids is 1. The van der Waals surface area contributed by atoms with E-state index in [0.717, 1.165) is 24.3 Å². The summed E-state index contributed by atoms with van der Waals surface area (Å²) in [5.74, 6) is -3.58. The molecule has 1 aromatic heterocycles. The van der Waals surface area contributed by atoms with Crippen molar-refractivity contribution < 1.29 is 51.1 Å². The van der Waals surface area contributed by atoms with Gasteiger partial charge in [-0.25, -0.2) is 32.2 Å². The quantitative estimate of drug-likeness (QED) is 0.0870. The van der Waals surface area contributed by atoms with Gasteiger partial charge in [-0.05, 0) is 55.0 Å². The van der Waals surface area contributed by atoms with Gasteiger partial charge in [-0.2, -0.15) is 15.6 Å². The number of allylic oxidation sites excluding steroid dienone is 2. The van der Waals surface area contributed by atoms with Crippen LogP contribution in [0, 0.1) is 40.1 Å². The Hall–Kier alpha value is -5.10. The molecular weight excluding hydrogens is 750 g/mol. The first-order valence-electron chi connectivity index (χ1n) is 16.0. The Morgan fingerprint density at radius 2 is 1.80 bits per heavy atom. The van der Waals surface area contributed by atoms with Gasteiger partial charge >= 0.3 is 13.8 Å². The summed E-state index contributed by atoms with van der Waals surface area (Å²) in [5, 5.41) is 21.3. The van der Waals surface area contributed by atoms with Crippen molar-refractivity contribution in [1.29, 1.82) is 10.5 Å². The molecule has 0 spiro atoms. The van der Waals surface area contributed by atoms with Gasteiger partial charge in [0.15, 0.2) is 11.9 Å². The Labute approximate surface area is 311 Å². The first-order chi connectivity index (χ1) is 25.8. The molecule has 2 atom stereocenters. The highest BCUT2D eigenvalue weighted by Gasteiger charge is 2.47. The Balaban J connectivity index is 1.41. The van der Waals surface area contributed by atoms with Crippen LogP contribution in [0.4, 0.5) is 13.2 Å². The van der Waals surface area contributed by atoms with Gasteiger partial charge < -0.3 is 24.0 Å². The maximum atomic E-state index is 15.8. The number of carbonyl (C=O) groups is 1. The van der Waals surface area contributed by atoms with Crippen LogP contribution in [-0.4, -0.2) is 60.5 Å². The summed E-state index contributed by atoms with van der Waals surface area (Å²) in [6.07, 6.45) is 8.08. The van der Waals surface area contributed by atoms with E-state index in [-0.39, 0.29) is 53.1 Å². The second-order valence-electron chi connectivity index (χ2n) is 11.8. The number of phosphoric acid groups is 1. The van der Waals surface area contributed by atoms with E-state index < -0.39 is 60.2 Å². The van der Waals surface area contributed by atoms with Gasteiger partial charge in [0, 0.05) is 22.4 Å². The molecule has 5 rings (SSSR count). The minimum Gasteiger partial charge on any atom is -0.447 e. The lowest BCUT2D eigenvalue weighted by molar-refractivity contribution is -0.146. The summed E-state index contributed by atoms with van der Waals surface area (Å²) in [4.78, 5) is 36.6. The molecule has 1 aliphatic heterocycles. The Bertz CT molecular complexity index is 2160. The second-order valence-corrected chi connectivity index (χ2v) is 14.7. The molecule has 0 radical (unpaired) electrons. The van der Waals surface area contributed by atoms with Crippen molar-refractivity contribution in [3.63, 3.8) is 0 Å². The van der Waals surface area contributed by atoms with Crippen LogP contribution < -0.4 is 0 Å². The standard InChI is InChI=1S/C36H31F3N5O8PS/c1-23(54-29-18-49-34(50-19-29)5-3-2-4-26-8-6-25(16-41)13-32(26)38)36(20-44-22-42-21-43-44,31-11-10-28(37)14-33(31)39)52-35(45)30-12-24(15-40)7-9-27(30)17-51-53(46,47)48/h2-14,21-23,29,34H,17-20H2,1H3,(H2,46,47,48)/t23-,29-,34-,36-/m1/s1. The molecule has 280 valence electrons. The molecule has 3 aromatic carbocycles. The SMILES string of the molecule is C[C@@H](S[C@H]1CO[C@H](C=CC=Cc2ccc(C#N)cc2F)OC1)[C@@](Cn1cncn1)(OC(=O)c1cc(C#N)ccc1COP(=O)(O)O)c1ccc(F)cc1F. The highest BCUT2D eigenvalue weighted by atomic mass is 32.2. The summed E-state index contributed by atoms with van der Waals surface area (Å²) in [7, 11) is -4.98. The van der Waals surface area contributed by atoms with Gasteiger partial charge in [0.1, 0.15) is 30.1 Å². The maximum Gasteiger partial charge on any atom is 0.469 e. The Morgan fingerprint density at radius 1 is 1.07 bits per heavy atom. The third-order valence-corrected chi connectivity index (χ3v) is 10.0. The van der Waals surface area contributed by atoms with E-state index >= 15 is 4.39 Å². The zero-order chi connectivity index (χ0) is 38.9. The normalized spacial score (nSPS) is 17.9. The lowest BCUT2D eigenvalue weighted by atomic mass is 9.89. The molecule has 2 N–H and O–H groups in total. The zero-order valence-electron chi connectivity index (χ0n) is 28.3. The topological polar surface area (TPSA) is 190 Å². The van der Waals surface area contributed by atoms with Crippen molar-refractivity contribution in [2.45, 2.75) is 42.5 Å². The molecule has 0 unspecified atom stereocenters. The number of hydrogen-bond acceptors (Lipinski definition) is 11. The smallest absolute Gasteiger partial charge is 0.447 e. The molecule has 4 aromatic rings. The fourth-order valence-electron chi connectivity index (χ4n) is 5.46. The molecule has 18 heteroatoms. The lowest BCUT2D eigenvalue weighted by Gasteiger charge is -2.40. The summed E-state index contributed by atoms with van der Waals surface area (Å²) >= 11 is 1.22. The molecule has 0 bridgehead atoms. The first kappa shape index (κ1) is 40.1. The van der Waals surface area contributed by atoms with E-state index in [1.54, 1.807) is 25.2 Å². The number of nitriles is 2. The molecule has 2 heterocycles. The van der Waals surface area contributed by atoms with Gasteiger partial charge in [0.25, 0.3) is 0 Å². The number of halogens is 3. The number of aromatic nitrogens is 3. The zero-order valence-corrected chi connectivity index (χ0v) is 30.0. The van der Waals surface area contributed by atoms with E-state index in [1.807, 2.05) is 12.1 Å². The average Bonchev–Trinajstić information content (AvgIpc) is 3.66. The van der Waals surface area contributed by atoms with Gasteiger partial charge in [-0.15, -0.1) is 11.8 Å². The van der Waals surface area contributed by atoms with E-state index in [0.29, 0.717) is 6.07 Å². The first-order valence-corrected chi connectivity index (χ1v) is 18.4. The Kier molecular flexibility index (Phi) is 13.2. The largest absolute Gasteiger partial charge is 0.469 e. The molecule has 1 saturated heterocycles. The van der Waals surface area contributed by atoms with Crippen LogP contribution in [0.2, 0.25) is 0 Å². The third kappa shape index (κ3) is 10.3. The van der Waals surface area contributed by atoms with Crippen molar-refractivity contribution in [3.05, 3.63) is 136 Å². The number of thioether (sulfide) groups is 1. The van der Waals surface area contributed by atoms with Crippen LogP contribution in [0.5, 0.6) is 0 Å². The minimum absolute atomic E-state index is 0.0103. The molecule has 0 amide bonds. The van der Waals surface area contributed by atoms with E-state index in [9.17, 15) is 33.2 Å². The fraction of sp³-hybridized carbons (Fsp3) is 0.250. The fourth-order valence-corrected chi connectivity index (χ4v) is 7.13. The molecular formula is C36H31F3N5O8PS. The van der Waals surface area contributed by atoms with E-state index in [4.69, 9.17) is 19.5 Å². The van der Waals surface area contributed by atoms with Gasteiger partial charge in [0.2, 0.25) is 0 Å². The monoisotopic (exact) mass is 781 g/mol. The number of ether oxygens (including phenoxy) is 3. The van der Waals surface area contributed by atoms with Crippen LogP contribution in [0.25, 0.3) is 6.08 Å². The van der Waals surface area contributed by atoms with Gasteiger partial charge in [-0.3, -0.25) is 4.52 Å². The molecule has 1 fully saturated rings. The van der Waals surface area contributed by atoms with E-state index in [1.165, 1.54) is 59.4 Å². The molecule has 13 nitrogen and oxygen atoms in total. The van der Waals surface area contributed by atoms with Crippen LogP contribution in [0.15, 0.2) is 85.5 Å². The van der Waals surface area contributed by atoms with Crippen LogP contribution >= 0.6 is 19.6 Å².